The summed E-state index contributed by atoms with van der Waals surface area (Å²) in [6.07, 6.45) is 2.89. The molecule has 0 aliphatic rings. The highest BCUT2D eigenvalue weighted by Crippen LogP contribution is 2.11. The molecule has 0 fully saturated rings. The number of carbonyl (C=O) groups excluding carboxylic acids is 2. The minimum Gasteiger partial charge on any atom is -0.450 e. The average molecular weight is 520 g/mol. The maximum atomic E-state index is 11.7. The van der Waals surface area contributed by atoms with Crippen molar-refractivity contribution < 1.29 is 14.3 Å². The lowest BCUT2D eigenvalue weighted by atomic mass is 10.1. The predicted molar refractivity (Wildman–Crippen MR) is 151 cm³/mol. The summed E-state index contributed by atoms with van der Waals surface area (Å²) in [7, 11) is 3.96. The fraction of sp³-hybridized carbons (Fsp3) is 0.310. The molecule has 0 saturated heterocycles. The Morgan fingerprint density at radius 3 is 2.47 bits per heavy atom. The topological polar surface area (TPSA) is 106 Å². The van der Waals surface area contributed by atoms with Gasteiger partial charge in [0.2, 0.25) is 5.91 Å². The van der Waals surface area contributed by atoms with Crippen molar-refractivity contribution in [3.63, 3.8) is 0 Å². The van der Waals surface area contributed by atoms with Crippen LogP contribution in [0.15, 0.2) is 71.5 Å². The van der Waals surface area contributed by atoms with Gasteiger partial charge in [0.15, 0.2) is 0 Å². The van der Waals surface area contributed by atoms with Crippen molar-refractivity contribution in [2.75, 3.05) is 39.1 Å². The van der Waals surface area contributed by atoms with Crippen LogP contribution in [0, 0.1) is 13.8 Å². The molecule has 38 heavy (non-hydrogen) atoms. The second-order valence-electron chi connectivity index (χ2n) is 8.85. The van der Waals surface area contributed by atoms with Crippen LogP contribution in [0.5, 0.6) is 0 Å². The Balaban J connectivity index is 0.000000273. The Labute approximate surface area is 224 Å². The number of carbonyl (C=O) groups is 2. The fourth-order valence-electron chi connectivity index (χ4n) is 3.18. The highest BCUT2D eigenvalue weighted by molar-refractivity contribution is 5.91. The molecule has 0 spiro atoms. The van der Waals surface area contributed by atoms with Crippen LogP contribution in [0.1, 0.15) is 29.3 Å². The van der Waals surface area contributed by atoms with Crippen molar-refractivity contribution in [2.24, 2.45) is 0 Å². The van der Waals surface area contributed by atoms with Gasteiger partial charge in [0.25, 0.3) is 5.56 Å². The van der Waals surface area contributed by atoms with E-state index in [0.29, 0.717) is 25.4 Å². The van der Waals surface area contributed by atoms with E-state index in [1.807, 2.05) is 69.3 Å². The summed E-state index contributed by atoms with van der Waals surface area (Å²) >= 11 is 0. The summed E-state index contributed by atoms with van der Waals surface area (Å²) in [6.45, 7) is 7.79. The van der Waals surface area contributed by atoms with E-state index in [-0.39, 0.29) is 11.5 Å². The van der Waals surface area contributed by atoms with E-state index in [2.05, 4.69) is 15.7 Å². The molecule has 0 aliphatic carbocycles. The number of hydrogen-bond donors (Lipinski definition) is 2. The van der Waals surface area contributed by atoms with Crippen molar-refractivity contribution >= 4 is 23.8 Å². The van der Waals surface area contributed by atoms with Gasteiger partial charge in [0, 0.05) is 30.9 Å². The first-order valence-corrected chi connectivity index (χ1v) is 12.4. The highest BCUT2D eigenvalue weighted by Gasteiger charge is 2.04. The summed E-state index contributed by atoms with van der Waals surface area (Å²) in [5.41, 5.74) is 4.35. The van der Waals surface area contributed by atoms with Crippen LogP contribution in [-0.4, -0.2) is 60.5 Å². The van der Waals surface area contributed by atoms with Crippen molar-refractivity contribution in [1.29, 1.82) is 0 Å². The van der Waals surface area contributed by atoms with Gasteiger partial charge in [-0.05, 0) is 70.3 Å². The van der Waals surface area contributed by atoms with Gasteiger partial charge in [-0.2, -0.15) is 5.10 Å². The monoisotopic (exact) mass is 519 g/mol. The second-order valence-corrected chi connectivity index (χ2v) is 8.85. The number of hydrogen-bond acceptors (Lipinski definition) is 6. The molecule has 3 rings (SSSR count). The molecule has 2 N–H and O–H groups in total. The SMILES string of the molecule is CCOC(=O)Nc1cccc(Cn2nc(C)ccc2=O)c1.Cc1ccc(/C=C/C(=O)NCCN(C)C)cc1. The Kier molecular flexibility index (Phi) is 12.5. The van der Waals surface area contributed by atoms with Crippen molar-refractivity contribution in [2.45, 2.75) is 27.3 Å². The maximum absolute atomic E-state index is 11.7. The van der Waals surface area contributed by atoms with Crippen LogP contribution >= 0.6 is 0 Å². The Morgan fingerprint density at radius 1 is 1.05 bits per heavy atom. The largest absolute Gasteiger partial charge is 0.450 e. The average Bonchev–Trinajstić information content (AvgIpc) is 2.86. The zero-order valence-corrected chi connectivity index (χ0v) is 22.7. The number of benzene rings is 2. The fourth-order valence-corrected chi connectivity index (χ4v) is 3.18. The quantitative estimate of drug-likeness (QED) is 0.416. The van der Waals surface area contributed by atoms with Gasteiger partial charge in [0.05, 0.1) is 18.8 Å². The van der Waals surface area contributed by atoms with E-state index in [0.717, 1.165) is 23.4 Å². The first-order valence-electron chi connectivity index (χ1n) is 12.4. The molecular weight excluding hydrogens is 482 g/mol. The van der Waals surface area contributed by atoms with Crippen LogP contribution in [0.4, 0.5) is 10.5 Å². The molecular formula is C29H37N5O4. The number of likely N-dealkylation sites (N-methyl/N-ethyl adjacent to an activating group) is 1. The standard InChI is InChI=1S/C15H17N3O3.C14H20N2O/c1-3-21-15(20)16-13-6-4-5-12(9-13)10-18-14(19)8-7-11(2)17-18;1-12-4-6-13(7-5-12)8-9-14(17)15-10-11-16(2)3/h4-9H,3,10H2,1-2H3,(H,16,20);4-9H,10-11H2,1-3H3,(H,15,17)/b;9-8+. The molecule has 0 bridgehead atoms. The molecule has 0 atom stereocenters. The molecule has 9 nitrogen and oxygen atoms in total. The van der Waals surface area contributed by atoms with E-state index >= 15 is 0 Å². The van der Waals surface area contributed by atoms with Crippen molar-refractivity contribution in [3.05, 3.63) is 99.5 Å². The number of aryl methyl sites for hydroxylation is 2. The molecule has 2 amide bonds. The first kappa shape index (κ1) is 30.0. The minimum absolute atomic E-state index is 0.0487. The molecule has 9 heteroatoms. The van der Waals surface area contributed by atoms with Gasteiger partial charge in [-0.15, -0.1) is 0 Å². The molecule has 3 aromatic rings. The summed E-state index contributed by atoms with van der Waals surface area (Å²) in [5, 5.41) is 9.63. The lowest BCUT2D eigenvalue weighted by Gasteiger charge is -2.08. The Hall–Kier alpha value is -4.24. The Bertz CT molecular complexity index is 1270. The van der Waals surface area contributed by atoms with Crippen molar-refractivity contribution in [1.82, 2.24) is 20.0 Å². The highest BCUT2D eigenvalue weighted by atomic mass is 16.5. The van der Waals surface area contributed by atoms with E-state index in [1.54, 1.807) is 37.3 Å². The number of ether oxygens (including phenoxy) is 1. The number of nitrogens with zero attached hydrogens (tertiary/aromatic N) is 3. The lowest BCUT2D eigenvalue weighted by Crippen LogP contribution is -2.30. The zero-order valence-electron chi connectivity index (χ0n) is 22.7. The van der Waals surface area contributed by atoms with Gasteiger partial charge in [0.1, 0.15) is 0 Å². The van der Waals surface area contributed by atoms with E-state index in [9.17, 15) is 14.4 Å². The van der Waals surface area contributed by atoms with Gasteiger partial charge in [-0.3, -0.25) is 14.9 Å². The van der Waals surface area contributed by atoms with E-state index in [1.165, 1.54) is 16.3 Å². The molecule has 1 heterocycles. The summed E-state index contributed by atoms with van der Waals surface area (Å²) in [6, 6.07) is 18.4. The molecule has 2 aromatic carbocycles. The summed E-state index contributed by atoms with van der Waals surface area (Å²) in [4.78, 5) is 36.6. The number of rotatable bonds is 9. The third-order valence-corrected chi connectivity index (χ3v) is 5.14. The molecule has 1 aromatic heterocycles. The van der Waals surface area contributed by atoms with Crippen LogP contribution in [-0.2, 0) is 16.1 Å². The van der Waals surface area contributed by atoms with Gasteiger partial charge in [-0.1, -0.05) is 42.0 Å². The number of anilines is 1. The van der Waals surface area contributed by atoms with Crippen LogP contribution in [0.25, 0.3) is 6.08 Å². The lowest BCUT2D eigenvalue weighted by molar-refractivity contribution is -0.116. The molecule has 0 aliphatic heterocycles. The third-order valence-electron chi connectivity index (χ3n) is 5.14. The molecule has 0 radical (unpaired) electrons. The van der Waals surface area contributed by atoms with Gasteiger partial charge in [-0.25, -0.2) is 9.48 Å². The summed E-state index contributed by atoms with van der Waals surface area (Å²) in [5.74, 6) is -0.0487. The molecule has 202 valence electrons. The second kappa shape index (κ2) is 15.8. The third kappa shape index (κ3) is 11.7. The smallest absolute Gasteiger partial charge is 0.411 e. The molecule has 0 saturated carbocycles. The van der Waals surface area contributed by atoms with Crippen molar-refractivity contribution in [3.8, 4) is 0 Å². The van der Waals surface area contributed by atoms with Gasteiger partial charge >= 0.3 is 6.09 Å². The van der Waals surface area contributed by atoms with E-state index < -0.39 is 6.09 Å². The predicted octanol–water partition coefficient (Wildman–Crippen LogP) is 3.85. The van der Waals surface area contributed by atoms with E-state index in [4.69, 9.17) is 4.74 Å². The number of aromatic nitrogens is 2. The number of nitrogens with one attached hydrogen (secondary N) is 2. The summed E-state index contributed by atoms with van der Waals surface area (Å²) < 4.78 is 6.21. The maximum Gasteiger partial charge on any atom is 0.411 e. The van der Waals surface area contributed by atoms with Crippen LogP contribution in [0.3, 0.4) is 0 Å². The van der Waals surface area contributed by atoms with Crippen LogP contribution in [0.2, 0.25) is 0 Å². The number of amides is 2. The normalized spacial score (nSPS) is 10.6. The zero-order chi connectivity index (χ0) is 27.9. The first-order chi connectivity index (χ1) is 18.2. The minimum atomic E-state index is -0.500. The Morgan fingerprint density at radius 2 is 1.79 bits per heavy atom. The molecule has 0 unspecified atom stereocenters. The van der Waals surface area contributed by atoms with Gasteiger partial charge < -0.3 is 15.0 Å². The van der Waals surface area contributed by atoms with Crippen LogP contribution < -0.4 is 16.2 Å².